The molecule has 3 atom stereocenters. The quantitative estimate of drug-likeness (QED) is 0.840. The third-order valence-electron chi connectivity index (χ3n) is 4.41. The molecule has 1 saturated heterocycles. The van der Waals surface area contributed by atoms with Crippen LogP contribution in [0.4, 0.5) is 5.69 Å². The zero-order valence-electron chi connectivity index (χ0n) is 11.7. The third kappa shape index (κ3) is 2.34. The molecule has 1 N–H and O–H groups in total. The molecule has 102 valence electrons. The number of fused-ring (bicyclic) bond motifs is 1. The Morgan fingerprint density at radius 3 is 2.84 bits per heavy atom. The van der Waals surface area contributed by atoms with Crippen LogP contribution in [0.15, 0.2) is 24.3 Å². The number of nitrogens with zero attached hydrogens (tertiary/aromatic N) is 1. The molecule has 1 aromatic rings. The van der Waals surface area contributed by atoms with Gasteiger partial charge in [-0.2, -0.15) is 0 Å². The Morgan fingerprint density at radius 1 is 1.32 bits per heavy atom. The Labute approximate surface area is 115 Å². The van der Waals surface area contributed by atoms with Crippen LogP contribution in [0.2, 0.25) is 0 Å². The third-order valence-corrected chi connectivity index (χ3v) is 4.41. The van der Waals surface area contributed by atoms with Crippen LogP contribution in [0, 0.1) is 5.92 Å². The van der Waals surface area contributed by atoms with Gasteiger partial charge < -0.3 is 10.2 Å². The Balaban J connectivity index is 1.73. The molecule has 0 aliphatic carbocycles. The lowest BCUT2D eigenvalue weighted by atomic mass is 9.97. The Morgan fingerprint density at radius 2 is 2.11 bits per heavy atom. The van der Waals surface area contributed by atoms with Crippen LogP contribution >= 0.6 is 0 Å². The average Bonchev–Trinajstić information content (AvgIpc) is 2.76. The summed E-state index contributed by atoms with van der Waals surface area (Å²) in [6.07, 6.45) is 3.04. The highest BCUT2D eigenvalue weighted by atomic mass is 16.2. The van der Waals surface area contributed by atoms with E-state index in [0.29, 0.717) is 12.0 Å². The number of benzene rings is 1. The van der Waals surface area contributed by atoms with Crippen molar-refractivity contribution >= 4 is 11.6 Å². The van der Waals surface area contributed by atoms with Crippen LogP contribution < -0.4 is 5.32 Å². The first-order valence-corrected chi connectivity index (χ1v) is 7.30. The zero-order chi connectivity index (χ0) is 13.4. The minimum atomic E-state index is -0.0392. The smallest absolute Gasteiger partial charge is 0.245 e. The number of aryl methyl sites for hydroxylation is 1. The van der Waals surface area contributed by atoms with E-state index in [1.807, 2.05) is 6.07 Å². The van der Waals surface area contributed by atoms with Gasteiger partial charge in [0.1, 0.15) is 6.04 Å². The van der Waals surface area contributed by atoms with E-state index in [0.717, 1.165) is 31.5 Å². The summed E-state index contributed by atoms with van der Waals surface area (Å²) >= 11 is 0. The molecule has 1 aromatic carbocycles. The van der Waals surface area contributed by atoms with Gasteiger partial charge in [0.15, 0.2) is 0 Å². The molecule has 19 heavy (non-hydrogen) atoms. The fourth-order valence-electron chi connectivity index (χ4n) is 3.43. The molecule has 0 saturated carbocycles. The van der Waals surface area contributed by atoms with E-state index in [9.17, 15) is 4.79 Å². The highest BCUT2D eigenvalue weighted by Gasteiger charge is 2.34. The van der Waals surface area contributed by atoms with Gasteiger partial charge in [-0.15, -0.1) is 0 Å². The SMILES string of the molecule is CC1CC(C)N(C(=O)C2CCc3ccccc3N2)C1. The topological polar surface area (TPSA) is 32.3 Å². The van der Waals surface area contributed by atoms with Crippen molar-refractivity contribution in [2.45, 2.75) is 45.2 Å². The van der Waals surface area contributed by atoms with Crippen LogP contribution in [0.25, 0.3) is 0 Å². The van der Waals surface area contributed by atoms with Crippen molar-refractivity contribution in [3.8, 4) is 0 Å². The second kappa shape index (κ2) is 4.87. The van der Waals surface area contributed by atoms with E-state index in [2.05, 4.69) is 42.3 Å². The highest BCUT2D eigenvalue weighted by Crippen LogP contribution is 2.28. The Hall–Kier alpha value is -1.51. The van der Waals surface area contributed by atoms with Gasteiger partial charge in [-0.05, 0) is 43.7 Å². The van der Waals surface area contributed by atoms with Crippen LogP contribution in [0.3, 0.4) is 0 Å². The second-order valence-electron chi connectivity index (χ2n) is 6.07. The first-order valence-electron chi connectivity index (χ1n) is 7.30. The normalized spacial score (nSPS) is 29.8. The lowest BCUT2D eigenvalue weighted by Gasteiger charge is -2.31. The summed E-state index contributed by atoms with van der Waals surface area (Å²) in [6.45, 7) is 5.31. The van der Waals surface area contributed by atoms with Crippen molar-refractivity contribution in [2.24, 2.45) is 5.92 Å². The average molecular weight is 258 g/mol. The minimum absolute atomic E-state index is 0.0392. The fourth-order valence-corrected chi connectivity index (χ4v) is 3.43. The molecule has 0 aromatic heterocycles. The number of amides is 1. The molecule has 3 unspecified atom stereocenters. The van der Waals surface area contributed by atoms with Crippen molar-refractivity contribution in [3.05, 3.63) is 29.8 Å². The maximum absolute atomic E-state index is 12.6. The minimum Gasteiger partial charge on any atom is -0.373 e. The molecule has 2 aliphatic rings. The largest absolute Gasteiger partial charge is 0.373 e. The van der Waals surface area contributed by atoms with Crippen LogP contribution in [-0.2, 0) is 11.2 Å². The number of para-hydroxylation sites is 1. The van der Waals surface area contributed by atoms with Crippen molar-refractivity contribution in [1.29, 1.82) is 0 Å². The predicted molar refractivity (Wildman–Crippen MR) is 77.1 cm³/mol. The molecular formula is C16H22N2O. The summed E-state index contributed by atoms with van der Waals surface area (Å²) in [6, 6.07) is 8.66. The first-order chi connectivity index (χ1) is 9.15. The van der Waals surface area contributed by atoms with E-state index in [4.69, 9.17) is 0 Å². The van der Waals surface area contributed by atoms with Crippen molar-refractivity contribution in [3.63, 3.8) is 0 Å². The van der Waals surface area contributed by atoms with E-state index in [1.54, 1.807) is 0 Å². The van der Waals surface area contributed by atoms with Gasteiger partial charge in [0.2, 0.25) is 5.91 Å². The lowest BCUT2D eigenvalue weighted by molar-refractivity contribution is -0.132. The lowest BCUT2D eigenvalue weighted by Crippen LogP contribution is -2.46. The fraction of sp³-hybridized carbons (Fsp3) is 0.562. The number of carbonyl (C=O) groups excluding carboxylic acids is 1. The number of hydrogen-bond donors (Lipinski definition) is 1. The molecule has 2 heterocycles. The molecule has 3 nitrogen and oxygen atoms in total. The molecule has 1 fully saturated rings. The van der Waals surface area contributed by atoms with Gasteiger partial charge in [0.25, 0.3) is 0 Å². The van der Waals surface area contributed by atoms with Crippen LogP contribution in [0.1, 0.15) is 32.3 Å². The summed E-state index contributed by atoms with van der Waals surface area (Å²) in [5, 5.41) is 3.42. The summed E-state index contributed by atoms with van der Waals surface area (Å²) in [4.78, 5) is 14.7. The number of rotatable bonds is 1. The van der Waals surface area contributed by atoms with Gasteiger partial charge in [0, 0.05) is 18.3 Å². The maximum atomic E-state index is 12.6. The number of nitrogens with one attached hydrogen (secondary N) is 1. The maximum Gasteiger partial charge on any atom is 0.245 e. The Bertz CT molecular complexity index is 485. The summed E-state index contributed by atoms with van der Waals surface area (Å²) in [5.41, 5.74) is 2.46. The number of anilines is 1. The highest BCUT2D eigenvalue weighted by molar-refractivity contribution is 5.86. The van der Waals surface area contributed by atoms with Gasteiger partial charge >= 0.3 is 0 Å². The molecule has 3 heteroatoms. The van der Waals surface area contributed by atoms with E-state index in [1.165, 1.54) is 5.56 Å². The van der Waals surface area contributed by atoms with Gasteiger partial charge in [-0.1, -0.05) is 25.1 Å². The summed E-state index contributed by atoms with van der Waals surface area (Å²) in [5.74, 6) is 0.918. The number of hydrogen-bond acceptors (Lipinski definition) is 2. The number of likely N-dealkylation sites (tertiary alicyclic amines) is 1. The standard InChI is InChI=1S/C16H22N2O/c1-11-9-12(2)18(10-11)16(19)15-8-7-13-5-3-4-6-14(13)17-15/h3-6,11-12,15,17H,7-10H2,1-2H3. The molecule has 3 rings (SSSR count). The molecule has 0 radical (unpaired) electrons. The van der Waals surface area contributed by atoms with Crippen molar-refractivity contribution < 1.29 is 4.79 Å². The predicted octanol–water partition coefficient (Wildman–Crippen LogP) is 2.67. The number of carbonyl (C=O) groups is 1. The van der Waals surface area contributed by atoms with E-state index in [-0.39, 0.29) is 11.9 Å². The molecule has 1 amide bonds. The molecule has 0 bridgehead atoms. The van der Waals surface area contributed by atoms with Crippen molar-refractivity contribution in [2.75, 3.05) is 11.9 Å². The van der Waals surface area contributed by atoms with E-state index >= 15 is 0 Å². The Kier molecular flexibility index (Phi) is 3.21. The molecule has 2 aliphatic heterocycles. The monoisotopic (exact) mass is 258 g/mol. The van der Waals surface area contributed by atoms with Crippen LogP contribution in [-0.4, -0.2) is 29.4 Å². The molecular weight excluding hydrogens is 236 g/mol. The first kappa shape index (κ1) is 12.5. The van der Waals surface area contributed by atoms with Gasteiger partial charge in [0.05, 0.1) is 0 Å². The van der Waals surface area contributed by atoms with E-state index < -0.39 is 0 Å². The zero-order valence-corrected chi connectivity index (χ0v) is 11.7. The van der Waals surface area contributed by atoms with Crippen LogP contribution in [0.5, 0.6) is 0 Å². The van der Waals surface area contributed by atoms with Gasteiger partial charge in [-0.25, -0.2) is 0 Å². The van der Waals surface area contributed by atoms with Gasteiger partial charge in [-0.3, -0.25) is 4.79 Å². The second-order valence-corrected chi connectivity index (χ2v) is 6.07. The van der Waals surface area contributed by atoms with Crippen molar-refractivity contribution in [1.82, 2.24) is 4.90 Å². The molecule has 0 spiro atoms. The summed E-state index contributed by atoms with van der Waals surface area (Å²) < 4.78 is 0. The summed E-state index contributed by atoms with van der Waals surface area (Å²) in [7, 11) is 0.